The Morgan fingerprint density at radius 3 is 2.44 bits per heavy atom. The molecule has 6 heteroatoms. The van der Waals surface area contributed by atoms with Gasteiger partial charge in [-0.1, -0.05) is 0 Å². The van der Waals surface area contributed by atoms with Crippen molar-refractivity contribution in [3.05, 3.63) is 27.0 Å². The van der Waals surface area contributed by atoms with Gasteiger partial charge in [-0.15, -0.1) is 0 Å². The van der Waals surface area contributed by atoms with Gasteiger partial charge < -0.3 is 0 Å². The number of nitrogens with one attached hydrogen (secondary N) is 2. The Morgan fingerprint density at radius 1 is 1.44 bits per heavy atom. The molecule has 1 aromatic heterocycles. The van der Waals surface area contributed by atoms with Crippen molar-refractivity contribution in [2.75, 3.05) is 0 Å². The zero-order valence-corrected chi connectivity index (χ0v) is 6.84. The molecule has 0 atom stereocenters. The van der Waals surface area contributed by atoms with Crippen molar-refractivity contribution in [2.24, 2.45) is 0 Å². The standard InChI is InChI=1S/C3H3N3O2.Na/c7-2-1-4-6-3(8)5-2;/h1H,(H2,5,6,7,8);/q;+1. The average Bonchev–Trinajstić information content (AvgIpc) is 1.64. The molecule has 0 radical (unpaired) electrons. The van der Waals surface area contributed by atoms with Gasteiger partial charge in [0.15, 0.2) is 0 Å². The topological polar surface area (TPSA) is 78.6 Å². The van der Waals surface area contributed by atoms with E-state index in [2.05, 4.69) is 5.10 Å². The van der Waals surface area contributed by atoms with Crippen LogP contribution in [0.25, 0.3) is 0 Å². The molecule has 0 aliphatic rings. The van der Waals surface area contributed by atoms with Gasteiger partial charge in [0.05, 0.1) is 0 Å². The average molecular weight is 136 g/mol. The summed E-state index contributed by atoms with van der Waals surface area (Å²) in [4.78, 5) is 22.2. The van der Waals surface area contributed by atoms with Crippen molar-refractivity contribution in [3.63, 3.8) is 0 Å². The Balaban J connectivity index is 0.000000640. The zero-order chi connectivity index (χ0) is 5.98. The first-order valence-electron chi connectivity index (χ1n) is 1.93. The maximum Gasteiger partial charge on any atom is 1.00 e. The second kappa shape index (κ2) is 3.60. The number of hydrogen-bond acceptors (Lipinski definition) is 3. The summed E-state index contributed by atoms with van der Waals surface area (Å²) in [6, 6.07) is 0. The van der Waals surface area contributed by atoms with Crippen molar-refractivity contribution in [2.45, 2.75) is 0 Å². The predicted octanol–water partition coefficient (Wildman–Crippen LogP) is -4.54. The molecule has 42 valence electrons. The Hall–Kier alpha value is -0.390. The Labute approximate surface area is 71.8 Å². The Morgan fingerprint density at radius 2 is 2.11 bits per heavy atom. The molecule has 1 heterocycles. The number of aromatic amines is 2. The summed E-state index contributed by atoms with van der Waals surface area (Å²) in [6.07, 6.45) is 0.987. The largest absolute Gasteiger partial charge is 1.00 e. The fraction of sp³-hybridized carbons (Fsp3) is 0. The Bertz CT molecular complexity index is 251. The van der Waals surface area contributed by atoms with E-state index < -0.39 is 11.2 Å². The normalized spacial score (nSPS) is 8.00. The second-order valence-electron chi connectivity index (χ2n) is 1.19. The van der Waals surface area contributed by atoms with Crippen LogP contribution in [0.1, 0.15) is 0 Å². The first kappa shape index (κ1) is 8.61. The van der Waals surface area contributed by atoms with Crippen LogP contribution in [0.5, 0.6) is 0 Å². The van der Waals surface area contributed by atoms with E-state index >= 15 is 0 Å². The van der Waals surface area contributed by atoms with E-state index in [0.717, 1.165) is 6.20 Å². The fourth-order valence-corrected chi connectivity index (χ4v) is 0.322. The van der Waals surface area contributed by atoms with Crippen molar-refractivity contribution >= 4 is 0 Å². The molecular formula is C3H3N3NaO2+. The summed E-state index contributed by atoms with van der Waals surface area (Å²) < 4.78 is 0. The molecule has 0 bridgehead atoms. The van der Waals surface area contributed by atoms with Crippen molar-refractivity contribution in [1.29, 1.82) is 0 Å². The summed E-state index contributed by atoms with van der Waals surface area (Å²) in [5.41, 5.74) is -1.08. The van der Waals surface area contributed by atoms with Gasteiger partial charge in [-0.25, -0.2) is 9.89 Å². The zero-order valence-electron chi connectivity index (χ0n) is 4.84. The molecule has 0 fully saturated rings. The quantitative estimate of drug-likeness (QED) is 0.352. The monoisotopic (exact) mass is 136 g/mol. The van der Waals surface area contributed by atoms with Gasteiger partial charge in [0.2, 0.25) is 0 Å². The van der Waals surface area contributed by atoms with Crippen LogP contribution in [0.3, 0.4) is 0 Å². The molecule has 1 rings (SSSR count). The number of rotatable bonds is 0. The molecule has 0 aliphatic heterocycles. The van der Waals surface area contributed by atoms with Crippen molar-refractivity contribution in [1.82, 2.24) is 15.2 Å². The van der Waals surface area contributed by atoms with Crippen LogP contribution in [0.2, 0.25) is 0 Å². The third kappa shape index (κ3) is 2.59. The number of hydrogen-bond donors (Lipinski definition) is 2. The van der Waals surface area contributed by atoms with E-state index in [1.165, 1.54) is 0 Å². The van der Waals surface area contributed by atoms with Crippen LogP contribution in [-0.4, -0.2) is 15.2 Å². The number of nitrogens with zero attached hydrogens (tertiary/aromatic N) is 1. The minimum absolute atomic E-state index is 0. The van der Waals surface area contributed by atoms with Crippen LogP contribution in [0.4, 0.5) is 0 Å². The number of aromatic nitrogens is 3. The van der Waals surface area contributed by atoms with Crippen molar-refractivity contribution in [3.8, 4) is 0 Å². The van der Waals surface area contributed by atoms with Gasteiger partial charge in [0.1, 0.15) is 6.20 Å². The Kier molecular flexibility index (Phi) is 3.44. The van der Waals surface area contributed by atoms with Crippen LogP contribution in [0.15, 0.2) is 15.8 Å². The van der Waals surface area contributed by atoms with Crippen LogP contribution < -0.4 is 40.8 Å². The molecule has 0 saturated heterocycles. The summed E-state index contributed by atoms with van der Waals surface area (Å²) in [7, 11) is 0. The summed E-state index contributed by atoms with van der Waals surface area (Å²) in [5, 5.41) is 5.21. The third-order valence-electron chi connectivity index (χ3n) is 0.585. The molecule has 5 nitrogen and oxygen atoms in total. The minimum atomic E-state index is -0.586. The SMILES string of the molecule is O=c1cn[nH]c(=O)[nH]1.[Na+]. The van der Waals surface area contributed by atoms with Crippen molar-refractivity contribution < 1.29 is 29.6 Å². The molecule has 0 aliphatic carbocycles. The molecule has 1 aromatic rings. The molecular weight excluding hydrogens is 133 g/mol. The molecule has 0 unspecified atom stereocenters. The van der Waals surface area contributed by atoms with Gasteiger partial charge in [-0.3, -0.25) is 9.78 Å². The summed E-state index contributed by atoms with van der Waals surface area (Å²) in [6.45, 7) is 0. The minimum Gasteiger partial charge on any atom is -0.272 e. The maximum atomic E-state index is 10.2. The predicted molar refractivity (Wildman–Crippen MR) is 25.5 cm³/mol. The molecule has 2 N–H and O–H groups in total. The molecule has 0 spiro atoms. The number of H-pyrrole nitrogens is 2. The van der Waals surface area contributed by atoms with E-state index in [1.54, 1.807) is 0 Å². The maximum absolute atomic E-state index is 10.2. The molecule has 0 saturated carbocycles. The van der Waals surface area contributed by atoms with Crippen LogP contribution >= 0.6 is 0 Å². The van der Waals surface area contributed by atoms with E-state index in [-0.39, 0.29) is 29.6 Å². The first-order valence-corrected chi connectivity index (χ1v) is 1.93. The molecule has 0 aromatic carbocycles. The summed E-state index contributed by atoms with van der Waals surface area (Å²) in [5.74, 6) is 0. The fourth-order valence-electron chi connectivity index (χ4n) is 0.322. The van der Waals surface area contributed by atoms with Crippen LogP contribution in [-0.2, 0) is 0 Å². The van der Waals surface area contributed by atoms with E-state index in [1.807, 2.05) is 10.1 Å². The van der Waals surface area contributed by atoms with E-state index in [0.29, 0.717) is 0 Å². The van der Waals surface area contributed by atoms with Gasteiger partial charge in [-0.2, -0.15) is 5.10 Å². The van der Waals surface area contributed by atoms with E-state index in [9.17, 15) is 9.59 Å². The first-order chi connectivity index (χ1) is 3.79. The van der Waals surface area contributed by atoms with Crippen LogP contribution in [0, 0.1) is 0 Å². The van der Waals surface area contributed by atoms with Gasteiger partial charge >= 0.3 is 35.2 Å². The smallest absolute Gasteiger partial charge is 0.272 e. The summed E-state index contributed by atoms with van der Waals surface area (Å²) >= 11 is 0. The molecule has 0 amide bonds. The van der Waals surface area contributed by atoms with Gasteiger partial charge in [0, 0.05) is 0 Å². The molecule has 9 heavy (non-hydrogen) atoms. The van der Waals surface area contributed by atoms with Gasteiger partial charge in [-0.05, 0) is 0 Å². The van der Waals surface area contributed by atoms with E-state index in [4.69, 9.17) is 0 Å². The second-order valence-corrected chi connectivity index (χ2v) is 1.19. The van der Waals surface area contributed by atoms with Gasteiger partial charge in [0.25, 0.3) is 5.56 Å². The third-order valence-corrected chi connectivity index (χ3v) is 0.585.